The largest absolute Gasteiger partial charge is 0.395 e. The molecule has 2 bridgehead atoms. The van der Waals surface area contributed by atoms with E-state index in [-0.39, 0.29) is 30.9 Å². The number of ether oxygens (including phenoxy) is 1. The van der Waals surface area contributed by atoms with Gasteiger partial charge in [0.15, 0.2) is 0 Å². The maximum atomic E-state index is 14.2. The lowest BCUT2D eigenvalue weighted by atomic mass is 9.66. The number of unbranched alkanes of at least 4 members (excludes halogenated alkanes) is 2. The van der Waals surface area contributed by atoms with Gasteiger partial charge in [0.1, 0.15) is 11.6 Å². The van der Waals surface area contributed by atoms with Crippen LogP contribution in [0.3, 0.4) is 0 Å². The summed E-state index contributed by atoms with van der Waals surface area (Å²) in [6.45, 7) is 13.1. The third kappa shape index (κ3) is 5.16. The van der Waals surface area contributed by atoms with Gasteiger partial charge in [0, 0.05) is 32.7 Å². The highest BCUT2D eigenvalue weighted by Gasteiger charge is 2.78. The molecule has 1 aromatic carbocycles. The predicted octanol–water partition coefficient (Wildman–Crippen LogP) is 3.16. The Morgan fingerprint density at radius 3 is 2.44 bits per heavy atom. The molecule has 3 aliphatic heterocycles. The normalized spacial score (nSPS) is 28.8. The van der Waals surface area contributed by atoms with Gasteiger partial charge in [0.05, 0.1) is 24.0 Å². The number of aliphatic hydroxyl groups excluding tert-OH is 1. The number of amides is 3. The number of fused-ring (bicyclic) bond motifs is 1. The lowest BCUT2D eigenvalue weighted by Gasteiger charge is -2.37. The Balaban J connectivity index is 1.70. The molecule has 2 unspecified atom stereocenters. The number of hydrogen-bond acceptors (Lipinski definition) is 5. The zero-order valence-corrected chi connectivity index (χ0v) is 23.4. The fourth-order valence-corrected chi connectivity index (χ4v) is 6.99. The minimum Gasteiger partial charge on any atom is -0.395 e. The zero-order chi connectivity index (χ0) is 28.2. The number of likely N-dealkylation sites (tertiary alicyclic amines) is 1. The van der Waals surface area contributed by atoms with Gasteiger partial charge in [0.2, 0.25) is 17.7 Å². The third-order valence-corrected chi connectivity index (χ3v) is 8.69. The molecule has 3 fully saturated rings. The predicted molar refractivity (Wildman–Crippen MR) is 149 cm³/mol. The van der Waals surface area contributed by atoms with Crippen LogP contribution in [0.15, 0.2) is 55.6 Å². The van der Waals surface area contributed by atoms with E-state index in [1.165, 1.54) is 4.90 Å². The topological polar surface area (TPSA) is 90.4 Å². The molecule has 3 amide bonds. The lowest BCUT2D eigenvalue weighted by Crippen LogP contribution is -2.56. The number of nitrogens with zero attached hydrogens (tertiary/aromatic N) is 3. The van der Waals surface area contributed by atoms with E-state index in [1.807, 2.05) is 37.3 Å². The summed E-state index contributed by atoms with van der Waals surface area (Å²) >= 11 is 0. The molecule has 39 heavy (non-hydrogen) atoms. The van der Waals surface area contributed by atoms with Crippen molar-refractivity contribution < 1.29 is 24.2 Å². The minimum atomic E-state index is -1.10. The van der Waals surface area contributed by atoms with Crippen LogP contribution in [0.1, 0.15) is 51.5 Å². The van der Waals surface area contributed by atoms with Crippen molar-refractivity contribution in [1.29, 1.82) is 0 Å². The minimum absolute atomic E-state index is 0.0196. The highest BCUT2D eigenvalue weighted by molar-refractivity contribution is 5.99. The quantitative estimate of drug-likeness (QED) is 0.291. The number of hydrogen-bond donors (Lipinski definition) is 1. The monoisotopic (exact) mass is 537 g/mol. The molecule has 4 rings (SSSR count). The van der Waals surface area contributed by atoms with E-state index in [9.17, 15) is 19.5 Å². The van der Waals surface area contributed by atoms with Gasteiger partial charge in [-0.25, -0.2) is 0 Å². The molecule has 1 spiro atoms. The van der Waals surface area contributed by atoms with Crippen LogP contribution >= 0.6 is 0 Å². The van der Waals surface area contributed by atoms with Crippen LogP contribution in [-0.4, -0.2) is 87.6 Å². The summed E-state index contributed by atoms with van der Waals surface area (Å²) in [5.41, 5.74) is -0.977. The summed E-state index contributed by atoms with van der Waals surface area (Å²) in [5, 5.41) is 9.88. The number of rotatable bonds is 14. The van der Waals surface area contributed by atoms with Crippen LogP contribution < -0.4 is 0 Å². The van der Waals surface area contributed by atoms with Gasteiger partial charge in [-0.2, -0.15) is 0 Å². The summed E-state index contributed by atoms with van der Waals surface area (Å²) in [6, 6.07) is 8.85. The molecule has 8 nitrogen and oxygen atoms in total. The highest BCUT2D eigenvalue weighted by atomic mass is 16.5. The Hall–Kier alpha value is -2.97. The fraction of sp³-hybridized carbons (Fsp3) is 0.581. The second-order valence-electron chi connectivity index (χ2n) is 11.3. The van der Waals surface area contributed by atoms with Crippen molar-refractivity contribution in [3.05, 3.63) is 61.2 Å². The van der Waals surface area contributed by atoms with Crippen molar-refractivity contribution in [2.45, 2.75) is 69.7 Å². The number of β-amino-alcohol motifs (C(OH)–C–C–N with tert-alkyl or cyclic N) is 1. The summed E-state index contributed by atoms with van der Waals surface area (Å²) < 4.78 is 6.73. The Morgan fingerprint density at radius 2 is 1.79 bits per heavy atom. The van der Waals surface area contributed by atoms with E-state index in [0.717, 1.165) is 24.8 Å². The van der Waals surface area contributed by atoms with Crippen molar-refractivity contribution in [1.82, 2.24) is 14.7 Å². The van der Waals surface area contributed by atoms with Gasteiger partial charge < -0.3 is 24.5 Å². The molecule has 0 aromatic heterocycles. The van der Waals surface area contributed by atoms with Crippen molar-refractivity contribution in [2.24, 2.45) is 11.8 Å². The van der Waals surface area contributed by atoms with Crippen LogP contribution in [0.2, 0.25) is 0 Å². The molecular weight excluding hydrogens is 494 g/mol. The first-order valence-corrected chi connectivity index (χ1v) is 14.2. The lowest BCUT2D eigenvalue weighted by molar-refractivity contribution is -0.154. The first-order chi connectivity index (χ1) is 18.8. The number of carbonyl (C=O) groups is 3. The van der Waals surface area contributed by atoms with Crippen molar-refractivity contribution in [3.63, 3.8) is 0 Å². The van der Waals surface area contributed by atoms with Gasteiger partial charge in [-0.15, -0.1) is 13.2 Å². The summed E-state index contributed by atoms with van der Waals surface area (Å²) in [6.07, 6.45) is 7.34. The second kappa shape index (κ2) is 12.0. The van der Waals surface area contributed by atoms with Gasteiger partial charge in [0.25, 0.3) is 0 Å². The summed E-state index contributed by atoms with van der Waals surface area (Å²) in [4.78, 5) is 47.4. The SMILES string of the molecule is C=CCN(CCCCC)C(=O)C1N(CCO)C(=O)[C@@H]2[C@H](C(=O)N(CC=C)Cc3ccccc3)[C@]3(C)CCC12O3. The van der Waals surface area contributed by atoms with E-state index < -0.39 is 29.1 Å². The van der Waals surface area contributed by atoms with Crippen molar-refractivity contribution >= 4 is 17.7 Å². The highest BCUT2D eigenvalue weighted by Crippen LogP contribution is 2.63. The molecule has 212 valence electrons. The van der Waals surface area contributed by atoms with Gasteiger partial charge in [-0.3, -0.25) is 14.4 Å². The molecular formula is C31H43N3O5. The van der Waals surface area contributed by atoms with Gasteiger partial charge >= 0.3 is 0 Å². The second-order valence-corrected chi connectivity index (χ2v) is 11.3. The smallest absolute Gasteiger partial charge is 0.248 e. The van der Waals surface area contributed by atoms with E-state index in [0.29, 0.717) is 39.0 Å². The first-order valence-electron chi connectivity index (χ1n) is 14.2. The maximum Gasteiger partial charge on any atom is 0.248 e. The fourth-order valence-electron chi connectivity index (χ4n) is 6.99. The van der Waals surface area contributed by atoms with Crippen molar-refractivity contribution in [2.75, 3.05) is 32.8 Å². The molecule has 5 atom stereocenters. The molecule has 3 aliphatic rings. The van der Waals surface area contributed by atoms with Crippen LogP contribution in [0.25, 0.3) is 0 Å². The van der Waals surface area contributed by atoms with E-state index >= 15 is 0 Å². The summed E-state index contributed by atoms with van der Waals surface area (Å²) in [5.74, 6) is -2.15. The van der Waals surface area contributed by atoms with E-state index in [2.05, 4.69) is 20.1 Å². The standard InChI is InChI=1S/C31H43N3O5/c1-5-8-12-19-32(17-6-2)29(38)26-31-16-15-30(4,39-31)24(25(31)28(37)34(26)20-21-35)27(36)33(18-7-3)22-23-13-10-9-11-14-23/h6-7,9-11,13-14,24-26,35H,2-3,5,8,12,15-22H2,1,4H3/t24-,25+,26?,30+,31?/m1/s1. The van der Waals surface area contributed by atoms with Crippen molar-refractivity contribution in [3.8, 4) is 0 Å². The molecule has 0 aliphatic carbocycles. The number of benzene rings is 1. The van der Waals surface area contributed by atoms with Crippen LogP contribution in [0.4, 0.5) is 0 Å². The maximum absolute atomic E-state index is 14.2. The van der Waals surface area contributed by atoms with E-state index in [4.69, 9.17) is 4.74 Å². The molecule has 0 radical (unpaired) electrons. The average Bonchev–Trinajstić information content (AvgIpc) is 3.49. The molecule has 1 aromatic rings. The Morgan fingerprint density at radius 1 is 1.10 bits per heavy atom. The van der Waals surface area contributed by atoms with Crippen LogP contribution in [0.5, 0.6) is 0 Å². The molecule has 3 heterocycles. The number of carbonyl (C=O) groups excluding carboxylic acids is 3. The average molecular weight is 538 g/mol. The Bertz CT molecular complexity index is 1080. The van der Waals surface area contributed by atoms with Crippen LogP contribution in [-0.2, 0) is 25.7 Å². The molecule has 3 saturated heterocycles. The van der Waals surface area contributed by atoms with Crippen LogP contribution in [0, 0.1) is 11.8 Å². The Labute approximate surface area is 232 Å². The third-order valence-electron chi connectivity index (χ3n) is 8.69. The molecule has 0 saturated carbocycles. The van der Waals surface area contributed by atoms with Gasteiger partial charge in [-0.05, 0) is 31.7 Å². The zero-order valence-electron chi connectivity index (χ0n) is 23.4. The Kier molecular flexibility index (Phi) is 8.96. The van der Waals surface area contributed by atoms with E-state index in [1.54, 1.807) is 22.0 Å². The molecule has 1 N–H and O–H groups in total. The number of aliphatic hydroxyl groups is 1. The molecule has 8 heteroatoms. The van der Waals surface area contributed by atoms with Gasteiger partial charge in [-0.1, -0.05) is 62.2 Å². The summed E-state index contributed by atoms with van der Waals surface area (Å²) in [7, 11) is 0. The first kappa shape index (κ1) is 29.0.